The Kier molecular flexibility index (Phi) is 8.59. The molecule has 1 aliphatic rings. The number of anilines is 3. The predicted octanol–water partition coefficient (Wildman–Crippen LogP) is 3.10. The van der Waals surface area contributed by atoms with Crippen molar-refractivity contribution in [3.05, 3.63) is 54.1 Å². The number of aliphatic carboxylic acids is 1. The van der Waals surface area contributed by atoms with Gasteiger partial charge in [-0.15, -0.1) is 0 Å². The van der Waals surface area contributed by atoms with Crippen molar-refractivity contribution in [3.8, 4) is 0 Å². The molecule has 6 N–H and O–H groups in total. The zero-order valence-corrected chi connectivity index (χ0v) is 16.9. The summed E-state index contributed by atoms with van der Waals surface area (Å²) < 4.78 is 31.7. The van der Waals surface area contributed by atoms with Crippen molar-refractivity contribution in [2.24, 2.45) is 11.7 Å². The van der Waals surface area contributed by atoms with Gasteiger partial charge in [0.05, 0.1) is 11.3 Å². The zero-order valence-electron chi connectivity index (χ0n) is 16.9. The van der Waals surface area contributed by atoms with Crippen LogP contribution >= 0.6 is 0 Å². The Morgan fingerprint density at radius 2 is 1.50 bits per heavy atom. The first-order valence-electron chi connectivity index (χ1n) is 9.65. The number of hydrogen-bond donors (Lipinski definition) is 5. The third kappa shape index (κ3) is 7.58. The van der Waals surface area contributed by atoms with Crippen LogP contribution in [-0.2, 0) is 9.59 Å². The highest BCUT2D eigenvalue weighted by Gasteiger charge is 2.38. The molecule has 3 rings (SSSR count). The van der Waals surface area contributed by atoms with Crippen molar-refractivity contribution in [2.45, 2.75) is 19.0 Å². The molecule has 2 amide bonds. The van der Waals surface area contributed by atoms with Gasteiger partial charge in [0.2, 0.25) is 5.91 Å². The topological polar surface area (TPSA) is 134 Å². The molecule has 0 spiro atoms. The molecule has 0 aromatic heterocycles. The van der Waals surface area contributed by atoms with Gasteiger partial charge in [-0.05, 0) is 62.3 Å². The lowest BCUT2D eigenvalue weighted by molar-refractivity contribution is -0.192. The summed E-state index contributed by atoms with van der Waals surface area (Å²) in [6.45, 7) is 1.78. The smallest absolute Gasteiger partial charge is 0.475 e. The molecule has 0 aliphatic carbocycles. The number of carboxylic acids is 1. The second-order valence-electron chi connectivity index (χ2n) is 6.93. The molecule has 0 bridgehead atoms. The van der Waals surface area contributed by atoms with Crippen molar-refractivity contribution in [1.82, 2.24) is 5.32 Å². The van der Waals surface area contributed by atoms with E-state index in [1.54, 1.807) is 18.2 Å². The monoisotopic (exact) mass is 452 g/mol. The van der Waals surface area contributed by atoms with Gasteiger partial charge < -0.3 is 26.8 Å². The molecular weight excluding hydrogens is 429 g/mol. The van der Waals surface area contributed by atoms with Gasteiger partial charge in [-0.25, -0.2) is 4.79 Å². The quantitative estimate of drug-likeness (QED) is 0.473. The highest BCUT2D eigenvalue weighted by atomic mass is 19.4. The summed E-state index contributed by atoms with van der Waals surface area (Å²) in [5.74, 6) is -3.09. The number of hydrogen-bond acceptors (Lipinski definition) is 5. The van der Waals surface area contributed by atoms with E-state index in [1.165, 1.54) is 0 Å². The van der Waals surface area contributed by atoms with E-state index in [0.717, 1.165) is 37.3 Å². The molecule has 1 saturated heterocycles. The van der Waals surface area contributed by atoms with Crippen LogP contribution in [0.25, 0.3) is 0 Å². The Bertz CT molecular complexity index is 943. The maximum absolute atomic E-state index is 12.3. The number of nitrogens with two attached hydrogens (primary N) is 1. The van der Waals surface area contributed by atoms with Crippen LogP contribution in [0.5, 0.6) is 0 Å². The van der Waals surface area contributed by atoms with Crippen LogP contribution in [0.15, 0.2) is 48.5 Å². The first-order valence-corrected chi connectivity index (χ1v) is 9.65. The van der Waals surface area contributed by atoms with E-state index in [-0.39, 0.29) is 11.8 Å². The first kappa shape index (κ1) is 24.7. The van der Waals surface area contributed by atoms with Crippen molar-refractivity contribution in [1.29, 1.82) is 0 Å². The molecule has 0 radical (unpaired) electrons. The van der Waals surface area contributed by atoms with Gasteiger partial charge >= 0.3 is 12.1 Å². The highest BCUT2D eigenvalue weighted by Crippen LogP contribution is 2.23. The largest absolute Gasteiger partial charge is 0.490 e. The molecule has 11 heteroatoms. The van der Waals surface area contributed by atoms with E-state index in [2.05, 4.69) is 16.0 Å². The number of primary amides is 1. The Balaban J connectivity index is 0.000000451. The number of alkyl halides is 3. The number of carbonyl (C=O) groups excluding carboxylic acids is 2. The number of carbonyl (C=O) groups is 3. The van der Waals surface area contributed by atoms with Crippen molar-refractivity contribution in [2.75, 3.05) is 23.7 Å². The Morgan fingerprint density at radius 3 is 2.03 bits per heavy atom. The molecule has 1 aliphatic heterocycles. The third-order valence-corrected chi connectivity index (χ3v) is 4.58. The molecule has 0 saturated carbocycles. The molecule has 2 aromatic rings. The summed E-state index contributed by atoms with van der Waals surface area (Å²) in [5.41, 5.74) is 8.05. The Hall–Kier alpha value is -3.60. The average Bonchev–Trinajstić information content (AvgIpc) is 2.76. The van der Waals surface area contributed by atoms with Crippen LogP contribution in [0, 0.1) is 5.92 Å². The number of amides is 2. The van der Waals surface area contributed by atoms with Gasteiger partial charge in [0.25, 0.3) is 5.91 Å². The third-order valence-electron chi connectivity index (χ3n) is 4.58. The molecule has 32 heavy (non-hydrogen) atoms. The number of benzene rings is 2. The number of halogens is 3. The lowest BCUT2D eigenvalue weighted by Crippen LogP contribution is -2.34. The fourth-order valence-corrected chi connectivity index (χ4v) is 2.93. The summed E-state index contributed by atoms with van der Waals surface area (Å²) in [6.07, 6.45) is -3.34. The molecule has 8 nitrogen and oxygen atoms in total. The number of para-hydroxylation sites is 1. The highest BCUT2D eigenvalue weighted by molar-refractivity contribution is 5.99. The van der Waals surface area contributed by atoms with E-state index in [1.807, 2.05) is 30.3 Å². The van der Waals surface area contributed by atoms with Crippen LogP contribution in [0.4, 0.5) is 30.2 Å². The van der Waals surface area contributed by atoms with Gasteiger partial charge in [0, 0.05) is 17.3 Å². The Labute approximate surface area is 182 Å². The van der Waals surface area contributed by atoms with Gasteiger partial charge in [-0.1, -0.05) is 12.1 Å². The number of rotatable bonds is 5. The summed E-state index contributed by atoms with van der Waals surface area (Å²) in [4.78, 5) is 32.6. The van der Waals surface area contributed by atoms with Gasteiger partial charge in [0.1, 0.15) is 0 Å². The standard InChI is InChI=1S/C19H22N4O2.C2HF3O2/c20-18(24)16-3-1-2-4-17(16)22-14-5-7-15(8-6-14)23-19(25)13-9-11-21-12-10-13;3-2(4,5)1(6)7/h1-8,13,21-22H,9-12H2,(H2,20,24)(H,23,25);(H,6,7). The maximum atomic E-state index is 12.3. The lowest BCUT2D eigenvalue weighted by Gasteiger charge is -2.21. The van der Waals surface area contributed by atoms with Crippen molar-refractivity contribution >= 4 is 34.8 Å². The summed E-state index contributed by atoms with van der Waals surface area (Å²) in [5, 5.41) is 16.5. The number of nitrogens with one attached hydrogen (secondary N) is 3. The fourth-order valence-electron chi connectivity index (χ4n) is 2.93. The van der Waals surface area contributed by atoms with E-state index >= 15 is 0 Å². The molecule has 1 fully saturated rings. The van der Waals surface area contributed by atoms with Crippen LogP contribution in [0.3, 0.4) is 0 Å². The second-order valence-corrected chi connectivity index (χ2v) is 6.93. The summed E-state index contributed by atoms with van der Waals surface area (Å²) >= 11 is 0. The van der Waals surface area contributed by atoms with E-state index < -0.39 is 18.1 Å². The lowest BCUT2D eigenvalue weighted by atomic mass is 9.97. The van der Waals surface area contributed by atoms with Crippen LogP contribution in [-0.4, -0.2) is 42.2 Å². The molecule has 1 heterocycles. The van der Waals surface area contributed by atoms with Gasteiger partial charge in [0.15, 0.2) is 0 Å². The van der Waals surface area contributed by atoms with Gasteiger partial charge in [-0.3, -0.25) is 9.59 Å². The summed E-state index contributed by atoms with van der Waals surface area (Å²) in [7, 11) is 0. The first-order chi connectivity index (χ1) is 15.1. The predicted molar refractivity (Wildman–Crippen MR) is 113 cm³/mol. The summed E-state index contributed by atoms with van der Waals surface area (Å²) in [6, 6.07) is 14.5. The van der Waals surface area contributed by atoms with Crippen LogP contribution < -0.4 is 21.7 Å². The Morgan fingerprint density at radius 1 is 0.969 bits per heavy atom. The molecule has 172 valence electrons. The van der Waals surface area contributed by atoms with E-state index in [9.17, 15) is 22.8 Å². The van der Waals surface area contributed by atoms with Crippen molar-refractivity contribution in [3.63, 3.8) is 0 Å². The molecular formula is C21H23F3N4O4. The SMILES string of the molecule is NC(=O)c1ccccc1Nc1ccc(NC(=O)C2CCNCC2)cc1.O=C(O)C(F)(F)F. The number of piperidine rings is 1. The minimum absolute atomic E-state index is 0.0706. The van der Waals surface area contributed by atoms with Crippen LogP contribution in [0.2, 0.25) is 0 Å². The maximum Gasteiger partial charge on any atom is 0.490 e. The second kappa shape index (κ2) is 11.1. The fraction of sp³-hybridized carbons (Fsp3) is 0.286. The van der Waals surface area contributed by atoms with Gasteiger partial charge in [-0.2, -0.15) is 13.2 Å². The number of carboxylic acid groups (broad SMARTS) is 1. The minimum atomic E-state index is -5.08. The van der Waals surface area contributed by atoms with Crippen LogP contribution in [0.1, 0.15) is 23.2 Å². The molecule has 2 aromatic carbocycles. The zero-order chi connectivity index (χ0) is 23.7. The van der Waals surface area contributed by atoms with Crippen molar-refractivity contribution < 1.29 is 32.7 Å². The molecule has 0 unspecified atom stereocenters. The minimum Gasteiger partial charge on any atom is -0.475 e. The molecule has 0 atom stereocenters. The van der Waals surface area contributed by atoms with E-state index in [0.29, 0.717) is 11.3 Å². The average molecular weight is 452 g/mol. The normalized spacial score (nSPS) is 14.0. The van der Waals surface area contributed by atoms with E-state index in [4.69, 9.17) is 15.6 Å².